The highest BCUT2D eigenvalue weighted by atomic mass is 32.2. The number of thioether (sulfide) groups is 1. The summed E-state index contributed by atoms with van der Waals surface area (Å²) < 4.78 is 9.80. The van der Waals surface area contributed by atoms with Crippen LogP contribution in [0.3, 0.4) is 0 Å². The minimum absolute atomic E-state index is 0.187. The number of carboxylic acid groups (broad SMARTS) is 1. The third-order valence-corrected chi connectivity index (χ3v) is 4.22. The molecule has 0 bridgehead atoms. The van der Waals surface area contributed by atoms with Gasteiger partial charge in [0.25, 0.3) is 0 Å². The smallest absolute Gasteiger partial charge is 0.404 e. The number of ether oxygens (including phenoxy) is 2. The fourth-order valence-electron chi connectivity index (χ4n) is 1.98. The Balaban J connectivity index is 2.36. The lowest BCUT2D eigenvalue weighted by molar-refractivity contribution is -0.146. The number of methoxy groups -OCH3 is 1. The van der Waals surface area contributed by atoms with Gasteiger partial charge in [-0.1, -0.05) is 11.8 Å². The molecular formula is C10H12N2O6S. The van der Waals surface area contributed by atoms with Crippen LogP contribution in [0.5, 0.6) is 0 Å². The standard InChI is InChI=1S/C10H12N2O6S/c1-17-9-4(3-18-10(11)16)7(8(14)15)12-5(13)2-6(12)19-9/h6,9H,2-3H2,1H3,(H2,11,16)(H,14,15)/t6-,9?/m1/s1. The van der Waals surface area contributed by atoms with Crippen LogP contribution in [0.1, 0.15) is 6.42 Å². The van der Waals surface area contributed by atoms with Crippen molar-refractivity contribution in [2.75, 3.05) is 13.7 Å². The molecule has 3 N–H and O–H groups in total. The van der Waals surface area contributed by atoms with Gasteiger partial charge in [-0.05, 0) is 0 Å². The van der Waals surface area contributed by atoms with E-state index in [1.165, 1.54) is 23.8 Å². The van der Waals surface area contributed by atoms with Crippen molar-refractivity contribution in [3.63, 3.8) is 0 Å². The van der Waals surface area contributed by atoms with Gasteiger partial charge in [-0.3, -0.25) is 9.69 Å². The maximum atomic E-state index is 11.5. The molecule has 0 radical (unpaired) electrons. The summed E-state index contributed by atoms with van der Waals surface area (Å²) in [4.78, 5) is 34.6. The SMILES string of the molecule is COC1S[C@@H]2CC(=O)N2C(C(=O)O)=C1COC(N)=O. The Kier molecular flexibility index (Phi) is 3.67. The van der Waals surface area contributed by atoms with Crippen molar-refractivity contribution in [3.05, 3.63) is 11.3 Å². The molecule has 2 aliphatic rings. The van der Waals surface area contributed by atoms with Gasteiger partial charge in [0.15, 0.2) is 0 Å². The molecule has 1 fully saturated rings. The zero-order valence-corrected chi connectivity index (χ0v) is 10.8. The monoisotopic (exact) mass is 288 g/mol. The van der Waals surface area contributed by atoms with Crippen LogP contribution in [0.25, 0.3) is 0 Å². The van der Waals surface area contributed by atoms with E-state index in [4.69, 9.17) is 10.5 Å². The molecule has 0 saturated carbocycles. The summed E-state index contributed by atoms with van der Waals surface area (Å²) in [5, 5.41) is 8.99. The summed E-state index contributed by atoms with van der Waals surface area (Å²) >= 11 is 1.30. The van der Waals surface area contributed by atoms with Crippen molar-refractivity contribution in [1.82, 2.24) is 4.90 Å². The van der Waals surface area contributed by atoms with E-state index in [0.29, 0.717) is 0 Å². The van der Waals surface area contributed by atoms with Crippen LogP contribution in [0.4, 0.5) is 4.79 Å². The van der Waals surface area contributed by atoms with E-state index >= 15 is 0 Å². The van der Waals surface area contributed by atoms with Gasteiger partial charge in [0, 0.05) is 12.7 Å². The van der Waals surface area contributed by atoms with Crippen LogP contribution in [-0.4, -0.2) is 52.5 Å². The highest BCUT2D eigenvalue weighted by Gasteiger charge is 2.48. The van der Waals surface area contributed by atoms with Crippen LogP contribution in [-0.2, 0) is 19.1 Å². The van der Waals surface area contributed by atoms with Gasteiger partial charge >= 0.3 is 12.1 Å². The number of primary amides is 1. The van der Waals surface area contributed by atoms with Crippen molar-refractivity contribution in [1.29, 1.82) is 0 Å². The number of carbonyl (C=O) groups excluding carboxylic acids is 2. The molecule has 2 heterocycles. The average Bonchev–Trinajstić information content (AvgIpc) is 2.33. The molecule has 2 aliphatic heterocycles. The molecule has 1 saturated heterocycles. The summed E-state index contributed by atoms with van der Waals surface area (Å²) in [6.45, 7) is -0.320. The Bertz CT molecular complexity index is 477. The molecule has 1 unspecified atom stereocenters. The minimum atomic E-state index is -1.26. The van der Waals surface area contributed by atoms with E-state index in [-0.39, 0.29) is 35.6 Å². The predicted molar refractivity (Wildman–Crippen MR) is 63.8 cm³/mol. The number of carboxylic acids is 1. The minimum Gasteiger partial charge on any atom is -0.477 e. The van der Waals surface area contributed by atoms with Crippen molar-refractivity contribution < 1.29 is 29.0 Å². The van der Waals surface area contributed by atoms with Gasteiger partial charge in [0.05, 0.1) is 11.8 Å². The van der Waals surface area contributed by atoms with Crippen LogP contribution in [0.2, 0.25) is 0 Å². The van der Waals surface area contributed by atoms with Gasteiger partial charge in [-0.15, -0.1) is 0 Å². The second kappa shape index (κ2) is 5.10. The first-order valence-electron chi connectivity index (χ1n) is 5.34. The molecule has 19 heavy (non-hydrogen) atoms. The lowest BCUT2D eigenvalue weighted by Crippen LogP contribution is -2.55. The molecule has 2 atom stereocenters. The Morgan fingerprint density at radius 2 is 2.26 bits per heavy atom. The summed E-state index contributed by atoms with van der Waals surface area (Å²) in [6.07, 6.45) is -0.750. The summed E-state index contributed by atoms with van der Waals surface area (Å²) in [6, 6.07) is 0. The highest BCUT2D eigenvalue weighted by Crippen LogP contribution is 2.44. The molecule has 9 heteroatoms. The Morgan fingerprint density at radius 1 is 1.58 bits per heavy atom. The third-order valence-electron chi connectivity index (χ3n) is 2.80. The molecule has 2 rings (SSSR count). The first-order chi connectivity index (χ1) is 8.95. The van der Waals surface area contributed by atoms with E-state index in [2.05, 4.69) is 4.74 Å². The van der Waals surface area contributed by atoms with Crippen molar-refractivity contribution in [3.8, 4) is 0 Å². The fraction of sp³-hybridized carbons (Fsp3) is 0.500. The maximum absolute atomic E-state index is 11.5. The number of rotatable bonds is 4. The van der Waals surface area contributed by atoms with E-state index in [1.807, 2.05) is 0 Å². The largest absolute Gasteiger partial charge is 0.477 e. The summed E-state index contributed by atoms with van der Waals surface area (Å²) in [5.41, 5.74) is 4.30. The van der Waals surface area contributed by atoms with E-state index < -0.39 is 17.5 Å². The van der Waals surface area contributed by atoms with E-state index in [1.54, 1.807) is 0 Å². The fourth-order valence-corrected chi connectivity index (χ4v) is 3.30. The molecule has 104 valence electrons. The molecule has 0 aliphatic carbocycles. The van der Waals surface area contributed by atoms with Crippen molar-refractivity contribution >= 4 is 29.7 Å². The number of hydrogen-bond acceptors (Lipinski definition) is 6. The van der Waals surface area contributed by atoms with Gasteiger partial charge in [0.1, 0.15) is 17.7 Å². The number of hydrogen-bond donors (Lipinski definition) is 2. The third kappa shape index (κ3) is 2.38. The molecule has 0 aromatic carbocycles. The van der Waals surface area contributed by atoms with Gasteiger partial charge in [-0.25, -0.2) is 9.59 Å². The number of aliphatic carboxylic acids is 1. The van der Waals surface area contributed by atoms with Gasteiger partial charge in [0.2, 0.25) is 5.91 Å². The molecule has 0 aromatic heterocycles. The summed E-state index contributed by atoms with van der Waals surface area (Å²) in [5.74, 6) is -1.54. The highest BCUT2D eigenvalue weighted by molar-refractivity contribution is 8.00. The Hall–Kier alpha value is -1.74. The predicted octanol–water partition coefficient (Wildman–Crippen LogP) is -0.302. The molecule has 8 nitrogen and oxygen atoms in total. The van der Waals surface area contributed by atoms with Crippen molar-refractivity contribution in [2.45, 2.75) is 17.2 Å². The summed E-state index contributed by atoms with van der Waals surface area (Å²) in [7, 11) is 1.41. The lowest BCUT2D eigenvalue weighted by atomic mass is 10.1. The first-order valence-corrected chi connectivity index (χ1v) is 6.29. The number of carbonyl (C=O) groups is 3. The number of β-lactam (4-membered cyclic amide) rings is 1. The molecular weight excluding hydrogens is 276 g/mol. The Morgan fingerprint density at radius 3 is 2.74 bits per heavy atom. The maximum Gasteiger partial charge on any atom is 0.404 e. The van der Waals surface area contributed by atoms with Crippen LogP contribution >= 0.6 is 11.8 Å². The molecule has 2 amide bonds. The normalized spacial score (nSPS) is 25.7. The zero-order valence-electron chi connectivity index (χ0n) is 9.99. The quantitative estimate of drug-likeness (QED) is 0.681. The average molecular weight is 288 g/mol. The van der Waals surface area contributed by atoms with E-state index in [9.17, 15) is 19.5 Å². The molecule has 0 spiro atoms. The topological polar surface area (TPSA) is 119 Å². The second-order valence-electron chi connectivity index (χ2n) is 3.91. The number of fused-ring (bicyclic) bond motifs is 1. The Labute approximate surface area is 112 Å². The second-order valence-corrected chi connectivity index (χ2v) is 5.16. The van der Waals surface area contributed by atoms with Crippen LogP contribution in [0.15, 0.2) is 11.3 Å². The number of amides is 2. The number of nitrogens with zero attached hydrogens (tertiary/aromatic N) is 1. The van der Waals surface area contributed by atoms with Gasteiger partial charge in [-0.2, -0.15) is 0 Å². The van der Waals surface area contributed by atoms with Crippen LogP contribution < -0.4 is 5.73 Å². The lowest BCUT2D eigenvalue weighted by Gasteiger charge is -2.46. The number of nitrogens with two attached hydrogens (primary N) is 1. The molecule has 0 aromatic rings. The first kappa shape index (κ1) is 13.7. The zero-order chi connectivity index (χ0) is 14.2. The van der Waals surface area contributed by atoms with Gasteiger partial charge < -0.3 is 20.3 Å². The van der Waals surface area contributed by atoms with E-state index in [0.717, 1.165) is 0 Å². The van der Waals surface area contributed by atoms with Crippen LogP contribution in [0, 0.1) is 0 Å². The van der Waals surface area contributed by atoms with Crippen molar-refractivity contribution in [2.24, 2.45) is 5.73 Å².